The molecule has 0 aliphatic carbocycles. The highest BCUT2D eigenvalue weighted by atomic mass is 16.1. The minimum Gasteiger partial charge on any atom is -0.388 e. The second kappa shape index (κ2) is 6.24. The van der Waals surface area contributed by atoms with Crippen molar-refractivity contribution in [2.75, 3.05) is 17.7 Å². The predicted molar refractivity (Wildman–Crippen MR) is 84.5 cm³/mol. The average Bonchev–Trinajstić information content (AvgIpc) is 2.48. The largest absolute Gasteiger partial charge is 0.388 e. The van der Waals surface area contributed by atoms with Gasteiger partial charge < -0.3 is 10.6 Å². The number of hydrogen-bond donors (Lipinski definition) is 2. The molecule has 0 spiro atoms. The molecular weight excluding hydrogens is 248 g/mol. The molecule has 3 heteroatoms. The second-order valence-electron chi connectivity index (χ2n) is 5.06. The lowest BCUT2D eigenvalue weighted by atomic mass is 10.0. The summed E-state index contributed by atoms with van der Waals surface area (Å²) < 4.78 is 0. The first kappa shape index (κ1) is 14.1. The van der Waals surface area contributed by atoms with E-state index in [2.05, 4.69) is 24.5 Å². The summed E-state index contributed by atoms with van der Waals surface area (Å²) in [5, 5.41) is 5.93. The molecule has 0 saturated carbocycles. The quantitative estimate of drug-likeness (QED) is 0.876. The number of rotatable bonds is 4. The topological polar surface area (TPSA) is 41.1 Å². The molecule has 0 aromatic heterocycles. The second-order valence-corrected chi connectivity index (χ2v) is 5.06. The molecule has 0 aliphatic rings. The Labute approximate surface area is 120 Å². The Hall–Kier alpha value is -2.29. The third-order valence-corrected chi connectivity index (χ3v) is 3.27. The Balaban J connectivity index is 2.06. The lowest BCUT2D eigenvalue weighted by molar-refractivity contribution is 0.102. The van der Waals surface area contributed by atoms with Crippen molar-refractivity contribution in [2.24, 2.45) is 0 Å². The molecule has 0 atom stereocenters. The van der Waals surface area contributed by atoms with Gasteiger partial charge in [0, 0.05) is 24.0 Å². The van der Waals surface area contributed by atoms with Crippen LogP contribution in [0, 0.1) is 0 Å². The summed E-state index contributed by atoms with van der Waals surface area (Å²) in [6, 6.07) is 15.4. The predicted octanol–water partition coefficient (Wildman–Crippen LogP) is 4.10. The molecule has 0 fully saturated rings. The van der Waals surface area contributed by atoms with Crippen molar-refractivity contribution in [1.29, 1.82) is 0 Å². The Morgan fingerprint density at radius 1 is 0.900 bits per heavy atom. The number of nitrogens with one attached hydrogen (secondary N) is 2. The third-order valence-electron chi connectivity index (χ3n) is 3.27. The molecule has 3 nitrogen and oxygen atoms in total. The zero-order valence-electron chi connectivity index (χ0n) is 12.1. The molecule has 2 rings (SSSR count). The minimum atomic E-state index is -0.0926. The van der Waals surface area contributed by atoms with Crippen molar-refractivity contribution in [3.8, 4) is 0 Å². The molecule has 0 bridgehead atoms. The molecule has 0 saturated heterocycles. The Morgan fingerprint density at radius 3 is 1.95 bits per heavy atom. The molecule has 104 valence electrons. The van der Waals surface area contributed by atoms with Gasteiger partial charge in [0.05, 0.1) is 0 Å². The number of anilines is 2. The van der Waals surface area contributed by atoms with Crippen LogP contribution in [0.4, 0.5) is 11.4 Å². The molecule has 2 aromatic carbocycles. The van der Waals surface area contributed by atoms with Gasteiger partial charge in [-0.25, -0.2) is 0 Å². The van der Waals surface area contributed by atoms with Crippen LogP contribution in [0.5, 0.6) is 0 Å². The zero-order chi connectivity index (χ0) is 14.5. The molecule has 0 aliphatic heterocycles. The van der Waals surface area contributed by atoms with Gasteiger partial charge in [-0.2, -0.15) is 0 Å². The molecule has 0 heterocycles. The zero-order valence-corrected chi connectivity index (χ0v) is 12.1. The standard InChI is InChI=1S/C17H20N2O/c1-12(2)13-4-10-16(11-5-13)19-17(20)14-6-8-15(18-3)9-7-14/h4-12,18H,1-3H3,(H,19,20). The number of carbonyl (C=O) groups excluding carboxylic acids is 1. The fraction of sp³-hybridized carbons (Fsp3) is 0.235. The summed E-state index contributed by atoms with van der Waals surface area (Å²) in [6.07, 6.45) is 0. The Morgan fingerprint density at radius 2 is 1.45 bits per heavy atom. The first-order valence-electron chi connectivity index (χ1n) is 6.79. The van der Waals surface area contributed by atoms with Crippen LogP contribution in [0.15, 0.2) is 48.5 Å². The molecule has 0 radical (unpaired) electrons. The SMILES string of the molecule is CNc1ccc(C(=O)Nc2ccc(C(C)C)cc2)cc1. The highest BCUT2D eigenvalue weighted by Crippen LogP contribution is 2.18. The van der Waals surface area contributed by atoms with Crippen LogP contribution in [0.2, 0.25) is 0 Å². The van der Waals surface area contributed by atoms with Crippen LogP contribution in [0.1, 0.15) is 35.7 Å². The number of amides is 1. The lowest BCUT2D eigenvalue weighted by Gasteiger charge is -2.09. The molecule has 0 unspecified atom stereocenters. The van der Waals surface area contributed by atoms with Crippen molar-refractivity contribution in [2.45, 2.75) is 19.8 Å². The van der Waals surface area contributed by atoms with Crippen LogP contribution in [-0.4, -0.2) is 13.0 Å². The van der Waals surface area contributed by atoms with Crippen LogP contribution >= 0.6 is 0 Å². The van der Waals surface area contributed by atoms with Crippen LogP contribution in [0.25, 0.3) is 0 Å². The van der Waals surface area contributed by atoms with Gasteiger partial charge >= 0.3 is 0 Å². The summed E-state index contributed by atoms with van der Waals surface area (Å²) in [5.41, 5.74) is 3.72. The van der Waals surface area contributed by atoms with Crippen LogP contribution in [-0.2, 0) is 0 Å². The van der Waals surface area contributed by atoms with Gasteiger partial charge in [0.2, 0.25) is 0 Å². The maximum absolute atomic E-state index is 12.1. The maximum atomic E-state index is 12.1. The van der Waals surface area contributed by atoms with Crippen molar-refractivity contribution < 1.29 is 4.79 Å². The highest BCUT2D eigenvalue weighted by molar-refractivity contribution is 6.04. The molecular formula is C17H20N2O. The lowest BCUT2D eigenvalue weighted by Crippen LogP contribution is -2.11. The van der Waals surface area contributed by atoms with Crippen molar-refractivity contribution in [3.63, 3.8) is 0 Å². The first-order valence-corrected chi connectivity index (χ1v) is 6.79. The summed E-state index contributed by atoms with van der Waals surface area (Å²) in [4.78, 5) is 12.1. The van der Waals surface area contributed by atoms with Crippen LogP contribution < -0.4 is 10.6 Å². The van der Waals surface area contributed by atoms with E-state index < -0.39 is 0 Å². The van der Waals surface area contributed by atoms with E-state index in [0.29, 0.717) is 11.5 Å². The van der Waals surface area contributed by atoms with Crippen molar-refractivity contribution >= 4 is 17.3 Å². The summed E-state index contributed by atoms with van der Waals surface area (Å²) in [7, 11) is 1.85. The number of carbonyl (C=O) groups is 1. The maximum Gasteiger partial charge on any atom is 0.255 e. The van der Waals surface area contributed by atoms with E-state index in [9.17, 15) is 4.79 Å². The molecule has 20 heavy (non-hydrogen) atoms. The van der Waals surface area contributed by atoms with E-state index in [1.807, 2.05) is 55.6 Å². The summed E-state index contributed by atoms with van der Waals surface area (Å²) in [6.45, 7) is 4.30. The number of hydrogen-bond acceptors (Lipinski definition) is 2. The third kappa shape index (κ3) is 3.38. The van der Waals surface area contributed by atoms with E-state index in [0.717, 1.165) is 11.4 Å². The van der Waals surface area contributed by atoms with Gasteiger partial charge in [0.1, 0.15) is 0 Å². The van der Waals surface area contributed by atoms with E-state index in [1.165, 1.54) is 5.56 Å². The van der Waals surface area contributed by atoms with Gasteiger partial charge in [-0.1, -0.05) is 26.0 Å². The summed E-state index contributed by atoms with van der Waals surface area (Å²) >= 11 is 0. The molecule has 1 amide bonds. The van der Waals surface area contributed by atoms with Gasteiger partial charge in [-0.3, -0.25) is 4.79 Å². The minimum absolute atomic E-state index is 0.0926. The van der Waals surface area contributed by atoms with Gasteiger partial charge in [-0.05, 0) is 47.9 Å². The van der Waals surface area contributed by atoms with E-state index in [4.69, 9.17) is 0 Å². The molecule has 2 aromatic rings. The Kier molecular flexibility index (Phi) is 4.41. The highest BCUT2D eigenvalue weighted by Gasteiger charge is 2.06. The fourth-order valence-electron chi connectivity index (χ4n) is 1.94. The van der Waals surface area contributed by atoms with E-state index >= 15 is 0 Å². The monoisotopic (exact) mass is 268 g/mol. The van der Waals surface area contributed by atoms with Gasteiger partial charge in [-0.15, -0.1) is 0 Å². The van der Waals surface area contributed by atoms with Gasteiger partial charge in [0.15, 0.2) is 0 Å². The van der Waals surface area contributed by atoms with E-state index in [1.54, 1.807) is 0 Å². The summed E-state index contributed by atoms with van der Waals surface area (Å²) in [5.74, 6) is 0.402. The normalized spacial score (nSPS) is 10.4. The van der Waals surface area contributed by atoms with E-state index in [-0.39, 0.29) is 5.91 Å². The Bertz CT molecular complexity index is 571. The number of benzene rings is 2. The van der Waals surface area contributed by atoms with Gasteiger partial charge in [0.25, 0.3) is 5.91 Å². The van der Waals surface area contributed by atoms with Crippen molar-refractivity contribution in [3.05, 3.63) is 59.7 Å². The fourth-order valence-corrected chi connectivity index (χ4v) is 1.94. The molecule has 2 N–H and O–H groups in total. The average molecular weight is 268 g/mol. The smallest absolute Gasteiger partial charge is 0.255 e. The van der Waals surface area contributed by atoms with Crippen LogP contribution in [0.3, 0.4) is 0 Å². The van der Waals surface area contributed by atoms with Crippen molar-refractivity contribution in [1.82, 2.24) is 0 Å². The first-order chi connectivity index (χ1) is 9.60.